The van der Waals surface area contributed by atoms with Gasteiger partial charge in [0, 0.05) is 13.7 Å². The number of carbonyl (C=O) groups is 3. The summed E-state index contributed by atoms with van der Waals surface area (Å²) in [7, 11) is -1.91. The van der Waals surface area contributed by atoms with Crippen molar-refractivity contribution in [3.63, 3.8) is 0 Å². The molecular formula is C24H45N2O9PS. The third-order valence-electron chi connectivity index (χ3n) is 4.47. The Morgan fingerprint density at radius 3 is 2.19 bits per heavy atom. The fraction of sp³-hybridized carbons (Fsp3) is 0.750. The topological polar surface area (TPSA) is 139 Å². The lowest BCUT2D eigenvalue weighted by Gasteiger charge is -2.25. The quantitative estimate of drug-likeness (QED) is 0.169. The van der Waals surface area contributed by atoms with Gasteiger partial charge in [-0.05, 0) is 11.8 Å². The van der Waals surface area contributed by atoms with Crippen molar-refractivity contribution in [3.05, 3.63) is 16.1 Å². The van der Waals surface area contributed by atoms with Gasteiger partial charge >= 0.3 is 19.8 Å². The Kier molecular flexibility index (Phi) is 21.3. The zero-order valence-corrected chi connectivity index (χ0v) is 25.5. The molecule has 1 N–H and O–H groups in total. The molecule has 0 aliphatic heterocycles. The van der Waals surface area contributed by atoms with Crippen molar-refractivity contribution < 1.29 is 42.0 Å². The molecule has 37 heavy (non-hydrogen) atoms. The normalized spacial score (nSPS) is 13.6. The van der Waals surface area contributed by atoms with Crippen LogP contribution in [0.25, 0.3) is 0 Å². The van der Waals surface area contributed by atoms with Crippen LogP contribution in [-0.4, -0.2) is 56.5 Å². The van der Waals surface area contributed by atoms with Crippen LogP contribution in [0, 0.1) is 5.92 Å². The summed E-state index contributed by atoms with van der Waals surface area (Å²) in [6.07, 6.45) is 0.560. The fourth-order valence-corrected chi connectivity index (χ4v) is 4.26. The third-order valence-corrected chi connectivity index (χ3v) is 6.65. The second kappa shape index (κ2) is 21.1. The minimum Gasteiger partial charge on any atom is -0.469 e. The highest BCUT2D eigenvalue weighted by Gasteiger charge is 2.36. The van der Waals surface area contributed by atoms with Crippen molar-refractivity contribution >= 4 is 37.0 Å². The highest BCUT2D eigenvalue weighted by molar-refractivity contribution is 7.48. The number of nitrogens with zero attached hydrogens (tertiary/aromatic N) is 1. The van der Waals surface area contributed by atoms with E-state index in [9.17, 15) is 18.9 Å². The van der Waals surface area contributed by atoms with E-state index >= 15 is 0 Å². The summed E-state index contributed by atoms with van der Waals surface area (Å²) in [5.74, 6) is -2.09. The van der Waals surface area contributed by atoms with Crippen LogP contribution in [0.15, 0.2) is 5.51 Å². The van der Waals surface area contributed by atoms with Crippen LogP contribution >= 0.6 is 19.2 Å². The Bertz CT molecular complexity index is 833. The Balaban J connectivity index is 0. The van der Waals surface area contributed by atoms with Gasteiger partial charge in [0.1, 0.15) is 4.88 Å². The van der Waals surface area contributed by atoms with Crippen LogP contribution in [0.5, 0.6) is 0 Å². The van der Waals surface area contributed by atoms with Crippen LogP contribution in [-0.2, 0) is 37.2 Å². The molecule has 0 radical (unpaired) electrons. The molecule has 0 aliphatic rings. The van der Waals surface area contributed by atoms with E-state index in [0.717, 1.165) is 18.4 Å². The molecule has 3 atom stereocenters. The molecule has 1 amide bonds. The van der Waals surface area contributed by atoms with E-state index in [0.29, 0.717) is 17.0 Å². The van der Waals surface area contributed by atoms with Crippen molar-refractivity contribution in [1.29, 1.82) is 0 Å². The largest absolute Gasteiger partial charge is 0.478 e. The minimum absolute atomic E-state index is 0.0184. The van der Waals surface area contributed by atoms with Crippen molar-refractivity contribution in [2.24, 2.45) is 5.92 Å². The number of ether oxygens (including phenoxy) is 2. The summed E-state index contributed by atoms with van der Waals surface area (Å²) in [5, 5.41) is 2.53. The zero-order chi connectivity index (χ0) is 29.0. The lowest BCUT2D eigenvalue weighted by molar-refractivity contribution is -0.140. The Morgan fingerprint density at radius 2 is 1.70 bits per heavy atom. The summed E-state index contributed by atoms with van der Waals surface area (Å²) >= 11 is 1.12. The first-order valence-electron chi connectivity index (χ1n) is 12.4. The van der Waals surface area contributed by atoms with Gasteiger partial charge in [0.25, 0.3) is 0 Å². The Labute approximate surface area is 225 Å². The molecule has 0 bridgehead atoms. The summed E-state index contributed by atoms with van der Waals surface area (Å²) in [4.78, 5) is 40.5. The molecule has 13 heteroatoms. The van der Waals surface area contributed by atoms with Crippen molar-refractivity contribution in [2.75, 3.05) is 27.6 Å². The number of hydrogen-bond donors (Lipinski definition) is 1. The standard InChI is InChI=1S/C19H31N2O9PS.C3H8.C2H6/c1-7-13(4)16(18(23)20-9-8-14(22)26-5)30-31(25,27-6)29-11-28-19(24)17-15(12(2)3)21-10-32-17;1-3-2;1-2/h10,12-13,16H,7-9,11H2,1-6H3,(H,20,23);3H2,1-2H3;1-2H3/t13?,16-,31-;;/m1../s1. The van der Waals surface area contributed by atoms with Gasteiger partial charge in [-0.3, -0.25) is 18.6 Å². The molecule has 1 aromatic rings. The van der Waals surface area contributed by atoms with Gasteiger partial charge in [0.2, 0.25) is 12.7 Å². The van der Waals surface area contributed by atoms with Gasteiger partial charge in [0.05, 0.1) is 24.7 Å². The summed E-state index contributed by atoms with van der Waals surface area (Å²) < 4.78 is 37.8. The number of aromatic nitrogens is 1. The number of hydrogen-bond acceptors (Lipinski definition) is 11. The maximum absolute atomic E-state index is 12.9. The van der Waals surface area contributed by atoms with E-state index in [4.69, 9.17) is 18.3 Å². The van der Waals surface area contributed by atoms with Crippen LogP contribution < -0.4 is 5.32 Å². The predicted octanol–water partition coefficient (Wildman–Crippen LogP) is 5.71. The van der Waals surface area contributed by atoms with Crippen molar-refractivity contribution in [1.82, 2.24) is 10.3 Å². The molecule has 0 aliphatic carbocycles. The molecule has 1 aromatic heterocycles. The van der Waals surface area contributed by atoms with Crippen LogP contribution in [0.2, 0.25) is 0 Å². The molecule has 216 valence electrons. The number of phosphoric ester groups is 1. The molecule has 1 heterocycles. The van der Waals surface area contributed by atoms with Gasteiger partial charge in [-0.1, -0.05) is 68.2 Å². The molecule has 1 rings (SSSR count). The lowest BCUT2D eigenvalue weighted by atomic mass is 10.0. The van der Waals surface area contributed by atoms with E-state index in [2.05, 4.69) is 28.9 Å². The number of phosphoric acid groups is 1. The number of amides is 1. The first-order valence-corrected chi connectivity index (χ1v) is 14.8. The summed E-state index contributed by atoms with van der Waals surface area (Å²) in [6.45, 7) is 14.9. The van der Waals surface area contributed by atoms with E-state index in [1.807, 2.05) is 34.6 Å². The van der Waals surface area contributed by atoms with Crippen molar-refractivity contribution in [2.45, 2.75) is 86.7 Å². The number of thiazole rings is 1. The Hall–Kier alpha value is -1.85. The summed E-state index contributed by atoms with van der Waals surface area (Å²) in [6, 6.07) is 0. The van der Waals surface area contributed by atoms with Crippen LogP contribution in [0.1, 0.15) is 95.9 Å². The average Bonchev–Trinajstić information content (AvgIpc) is 3.39. The van der Waals surface area contributed by atoms with Crippen LogP contribution in [0.3, 0.4) is 0 Å². The van der Waals surface area contributed by atoms with Crippen LogP contribution in [0.4, 0.5) is 0 Å². The van der Waals surface area contributed by atoms with E-state index < -0.39 is 38.6 Å². The third kappa shape index (κ3) is 14.6. The molecule has 0 aromatic carbocycles. The molecule has 0 fully saturated rings. The number of rotatable bonds is 14. The maximum atomic E-state index is 12.9. The van der Waals surface area contributed by atoms with Gasteiger partial charge in [0.15, 0.2) is 6.10 Å². The molecule has 0 spiro atoms. The number of carbonyl (C=O) groups excluding carboxylic acids is 3. The number of methoxy groups -OCH3 is 1. The van der Waals surface area contributed by atoms with Gasteiger partial charge in [-0.2, -0.15) is 0 Å². The smallest absolute Gasteiger partial charge is 0.469 e. The van der Waals surface area contributed by atoms with E-state index in [1.54, 1.807) is 6.92 Å². The first-order chi connectivity index (χ1) is 17.5. The molecule has 0 saturated heterocycles. The maximum Gasteiger partial charge on any atom is 0.478 e. The SMILES string of the molecule is CC.CCC.CCC(C)[C@@H](O[P@](=O)(OC)OCOC(=O)c1scnc1C(C)C)C(=O)NCCC(=O)OC. The molecule has 0 saturated carbocycles. The second-order valence-corrected chi connectivity index (χ2v) is 10.3. The van der Waals surface area contributed by atoms with Gasteiger partial charge < -0.3 is 14.8 Å². The molecule has 11 nitrogen and oxygen atoms in total. The average molecular weight is 569 g/mol. The summed E-state index contributed by atoms with van der Waals surface area (Å²) in [5.41, 5.74) is 2.12. The minimum atomic E-state index is -4.24. The monoisotopic (exact) mass is 568 g/mol. The predicted molar refractivity (Wildman–Crippen MR) is 143 cm³/mol. The highest BCUT2D eigenvalue weighted by atomic mass is 32.1. The lowest BCUT2D eigenvalue weighted by Crippen LogP contribution is -2.41. The zero-order valence-electron chi connectivity index (χ0n) is 23.8. The number of nitrogens with one attached hydrogen (secondary N) is 1. The second-order valence-electron chi connectivity index (χ2n) is 7.77. The van der Waals surface area contributed by atoms with E-state index in [1.165, 1.54) is 19.0 Å². The van der Waals surface area contributed by atoms with Gasteiger partial charge in [-0.25, -0.2) is 18.9 Å². The first kappa shape index (κ1) is 37.3. The molecule has 1 unspecified atom stereocenters. The van der Waals surface area contributed by atoms with E-state index in [-0.39, 0.29) is 24.8 Å². The number of esters is 2. The fourth-order valence-electron chi connectivity index (χ4n) is 2.41. The van der Waals surface area contributed by atoms with Crippen molar-refractivity contribution in [3.8, 4) is 0 Å². The highest BCUT2D eigenvalue weighted by Crippen LogP contribution is 2.50. The molecular weight excluding hydrogens is 523 g/mol. The Morgan fingerprint density at radius 1 is 1.11 bits per heavy atom. The van der Waals surface area contributed by atoms with Gasteiger partial charge in [-0.15, -0.1) is 11.3 Å².